The molecule has 8 nitrogen and oxygen atoms in total. The molecule has 0 bridgehead atoms. The van der Waals surface area contributed by atoms with Crippen LogP contribution in [0.5, 0.6) is 0 Å². The first-order chi connectivity index (χ1) is 7.54. The van der Waals surface area contributed by atoms with Crippen molar-refractivity contribution in [2.45, 2.75) is 12.8 Å². The summed E-state index contributed by atoms with van der Waals surface area (Å²) in [5.41, 5.74) is 11.5. The average molecular weight is 229 g/mol. The van der Waals surface area contributed by atoms with Crippen LogP contribution in [0.4, 0.5) is 0 Å². The Bertz CT molecular complexity index is 361. The van der Waals surface area contributed by atoms with Crippen LogP contribution in [0, 0.1) is 0 Å². The lowest BCUT2D eigenvalue weighted by molar-refractivity contribution is -0.347. The molecule has 2 aliphatic rings. The maximum Gasteiger partial charge on any atom is 0.261 e. The van der Waals surface area contributed by atoms with Gasteiger partial charge >= 0.3 is 0 Å². The van der Waals surface area contributed by atoms with E-state index in [0.717, 1.165) is 25.9 Å². The van der Waals surface area contributed by atoms with Gasteiger partial charge in [-0.3, -0.25) is 10.4 Å². The highest BCUT2D eigenvalue weighted by Gasteiger charge is 2.33. The molecule has 90 valence electrons. The zero-order chi connectivity index (χ0) is 11.9. The summed E-state index contributed by atoms with van der Waals surface area (Å²) >= 11 is 0. The molecule has 7 N–H and O–H groups in total. The van der Waals surface area contributed by atoms with Crippen molar-refractivity contribution in [3.63, 3.8) is 0 Å². The van der Waals surface area contributed by atoms with Crippen LogP contribution in [0.3, 0.4) is 0 Å². The van der Waals surface area contributed by atoms with Crippen LogP contribution in [-0.2, 0) is 0 Å². The molecule has 0 atom stereocenters. The van der Waals surface area contributed by atoms with Crippen molar-refractivity contribution < 1.29 is 15.5 Å². The average Bonchev–Trinajstić information content (AvgIpc) is 2.77. The van der Waals surface area contributed by atoms with E-state index in [0.29, 0.717) is 0 Å². The number of hydroxylamine groups is 2. The van der Waals surface area contributed by atoms with Crippen molar-refractivity contribution >= 4 is 0 Å². The molecule has 1 fully saturated rings. The van der Waals surface area contributed by atoms with Gasteiger partial charge in [0.1, 0.15) is 11.4 Å². The number of likely N-dealkylation sites (tertiary alicyclic amines) is 1. The smallest absolute Gasteiger partial charge is 0.261 e. The third-order valence-corrected chi connectivity index (χ3v) is 2.75. The number of aliphatic hydroxyl groups is 1. The number of hydrazine groups is 1. The van der Waals surface area contributed by atoms with Crippen molar-refractivity contribution in [1.82, 2.24) is 15.2 Å². The molecule has 2 heterocycles. The van der Waals surface area contributed by atoms with Gasteiger partial charge in [-0.25, -0.2) is 0 Å². The number of rotatable bonds is 1. The minimum atomic E-state index is -0.531. The zero-order valence-corrected chi connectivity index (χ0v) is 8.67. The molecule has 0 amide bonds. The molecule has 1 saturated heterocycles. The highest BCUT2D eigenvalue weighted by molar-refractivity contribution is 5.34. The van der Waals surface area contributed by atoms with E-state index >= 15 is 0 Å². The minimum Gasteiger partial charge on any atom is -0.490 e. The van der Waals surface area contributed by atoms with Crippen LogP contribution >= 0.6 is 0 Å². The van der Waals surface area contributed by atoms with E-state index in [-0.39, 0.29) is 27.6 Å². The third-order valence-electron chi connectivity index (χ3n) is 2.75. The summed E-state index contributed by atoms with van der Waals surface area (Å²) in [6.07, 6.45) is 1.97. The molecular weight excluding hydrogens is 214 g/mol. The molecule has 0 spiro atoms. The third kappa shape index (κ3) is 1.39. The van der Waals surface area contributed by atoms with Gasteiger partial charge < -0.3 is 21.5 Å². The number of aliphatic hydroxyl groups excluding tert-OH is 1. The molecule has 0 aromatic heterocycles. The first kappa shape index (κ1) is 10.7. The van der Waals surface area contributed by atoms with Gasteiger partial charge in [0.25, 0.3) is 5.88 Å². The van der Waals surface area contributed by atoms with Crippen LogP contribution in [-0.4, -0.2) is 43.9 Å². The van der Waals surface area contributed by atoms with Crippen molar-refractivity contribution in [3.8, 4) is 0 Å². The van der Waals surface area contributed by atoms with Crippen molar-refractivity contribution in [1.29, 1.82) is 0 Å². The Morgan fingerprint density at radius 3 is 2.12 bits per heavy atom. The molecule has 8 heteroatoms. The highest BCUT2D eigenvalue weighted by atomic mass is 16.7. The van der Waals surface area contributed by atoms with Gasteiger partial charge in [-0.15, -0.1) is 5.17 Å². The Hall–Kier alpha value is -1.80. The van der Waals surface area contributed by atoms with Gasteiger partial charge in [-0.2, -0.15) is 0 Å². The fourth-order valence-corrected chi connectivity index (χ4v) is 1.89. The van der Waals surface area contributed by atoms with Crippen molar-refractivity contribution in [2.75, 3.05) is 13.1 Å². The van der Waals surface area contributed by atoms with E-state index in [4.69, 9.17) is 11.5 Å². The highest BCUT2D eigenvalue weighted by Crippen LogP contribution is 2.27. The summed E-state index contributed by atoms with van der Waals surface area (Å²) in [6, 6.07) is 0. The summed E-state index contributed by atoms with van der Waals surface area (Å²) in [5.74, 6) is -0.752. The van der Waals surface area contributed by atoms with Gasteiger partial charge in [0, 0.05) is 13.1 Å². The summed E-state index contributed by atoms with van der Waals surface area (Å²) in [7, 11) is 0. The quantitative estimate of drug-likeness (QED) is 0.396. The Morgan fingerprint density at radius 1 is 1.00 bits per heavy atom. The fourth-order valence-electron chi connectivity index (χ4n) is 1.89. The Labute approximate surface area is 92.1 Å². The minimum absolute atomic E-state index is 0.0483. The Balaban J connectivity index is 2.40. The predicted molar refractivity (Wildman–Crippen MR) is 53.1 cm³/mol. The summed E-state index contributed by atoms with van der Waals surface area (Å²) in [4.78, 5) is 1.81. The van der Waals surface area contributed by atoms with Crippen molar-refractivity contribution in [2.24, 2.45) is 11.5 Å². The van der Waals surface area contributed by atoms with Crippen LogP contribution < -0.4 is 11.5 Å². The standard InChI is InChI=1S/C8H15N5O3/c9-5-6(11-3-1-2-4-11)8(14)13(16)12(15)7(5)10/h14-16H,1-4,9-10H2. The molecular formula is C8H15N5O3. The number of hydrogen-bond acceptors (Lipinski definition) is 8. The fraction of sp³-hybridized carbons (Fsp3) is 0.500. The normalized spacial score (nSPS) is 22.5. The molecule has 2 aliphatic heterocycles. The SMILES string of the molecule is NC1=C(N)N(O)N(O)C(O)=C1N1CCCC1. The lowest BCUT2D eigenvalue weighted by Gasteiger charge is -2.34. The van der Waals surface area contributed by atoms with E-state index in [1.54, 1.807) is 0 Å². The van der Waals surface area contributed by atoms with Gasteiger partial charge in [0.05, 0.1) is 0 Å². The predicted octanol–water partition coefficient (Wildman–Crippen LogP) is -0.793. The van der Waals surface area contributed by atoms with E-state index in [1.165, 1.54) is 0 Å². The first-order valence-corrected chi connectivity index (χ1v) is 4.95. The monoisotopic (exact) mass is 229 g/mol. The largest absolute Gasteiger partial charge is 0.490 e. The van der Waals surface area contributed by atoms with E-state index in [1.807, 2.05) is 4.90 Å². The van der Waals surface area contributed by atoms with Gasteiger partial charge in [-0.05, 0) is 12.8 Å². The molecule has 16 heavy (non-hydrogen) atoms. The molecule has 0 radical (unpaired) electrons. The zero-order valence-electron chi connectivity index (χ0n) is 8.67. The molecule has 0 saturated carbocycles. The van der Waals surface area contributed by atoms with Crippen LogP contribution in [0.1, 0.15) is 12.8 Å². The second kappa shape index (κ2) is 3.65. The van der Waals surface area contributed by atoms with E-state index in [9.17, 15) is 15.5 Å². The Kier molecular flexibility index (Phi) is 2.44. The van der Waals surface area contributed by atoms with Crippen LogP contribution in [0.2, 0.25) is 0 Å². The number of nitrogens with zero attached hydrogens (tertiary/aromatic N) is 3. The Morgan fingerprint density at radius 2 is 1.56 bits per heavy atom. The maximum absolute atomic E-state index is 9.70. The van der Waals surface area contributed by atoms with Gasteiger partial charge in [-0.1, -0.05) is 5.17 Å². The molecule has 0 aliphatic carbocycles. The van der Waals surface area contributed by atoms with Crippen molar-refractivity contribution in [3.05, 3.63) is 23.1 Å². The second-order valence-electron chi connectivity index (χ2n) is 3.74. The second-order valence-corrected chi connectivity index (χ2v) is 3.74. The molecule has 2 rings (SSSR count). The lowest BCUT2D eigenvalue weighted by atomic mass is 10.2. The molecule has 0 aromatic carbocycles. The lowest BCUT2D eigenvalue weighted by Crippen LogP contribution is -2.47. The summed E-state index contributed by atoms with van der Waals surface area (Å²) < 4.78 is 0. The summed E-state index contributed by atoms with van der Waals surface area (Å²) in [5, 5.41) is 28.7. The van der Waals surface area contributed by atoms with Crippen LogP contribution in [0.15, 0.2) is 23.1 Å². The van der Waals surface area contributed by atoms with E-state index in [2.05, 4.69) is 0 Å². The van der Waals surface area contributed by atoms with Gasteiger partial charge in [0.15, 0.2) is 5.82 Å². The molecule has 0 aromatic rings. The summed E-state index contributed by atoms with van der Waals surface area (Å²) in [6.45, 7) is 1.46. The topological polar surface area (TPSA) is 122 Å². The van der Waals surface area contributed by atoms with Gasteiger partial charge in [0.2, 0.25) is 0 Å². The van der Waals surface area contributed by atoms with E-state index < -0.39 is 5.88 Å². The first-order valence-electron chi connectivity index (χ1n) is 4.95. The number of nitrogens with two attached hydrogens (primary N) is 2. The maximum atomic E-state index is 9.70. The molecule has 0 unspecified atom stereocenters. The van der Waals surface area contributed by atoms with Crippen LogP contribution in [0.25, 0.3) is 0 Å². The number of hydrogen-bond donors (Lipinski definition) is 5.